The third kappa shape index (κ3) is 4.05. The molecular weight excluding hydrogens is 357 g/mol. The van der Waals surface area contributed by atoms with E-state index in [1.165, 1.54) is 0 Å². The third-order valence-corrected chi connectivity index (χ3v) is 6.20. The van der Waals surface area contributed by atoms with Crippen LogP contribution in [0.1, 0.15) is 11.1 Å². The van der Waals surface area contributed by atoms with Crippen molar-refractivity contribution in [2.75, 3.05) is 7.11 Å². The van der Waals surface area contributed by atoms with Crippen LogP contribution in [0, 0.1) is 6.92 Å². The van der Waals surface area contributed by atoms with E-state index in [4.69, 9.17) is 4.74 Å². The van der Waals surface area contributed by atoms with Gasteiger partial charge in [-0.25, -0.2) is 0 Å². The number of rotatable bonds is 4. The molecule has 0 saturated heterocycles. The van der Waals surface area contributed by atoms with Crippen molar-refractivity contribution in [2.45, 2.75) is 27.8 Å². The highest BCUT2D eigenvalue weighted by Gasteiger charge is 2.33. The van der Waals surface area contributed by atoms with Gasteiger partial charge < -0.3 is 4.74 Å². The molecular formula is C21H18F3OS+. The molecule has 0 amide bonds. The number of ether oxygens (including phenoxy) is 1. The number of hydrogen-bond donors (Lipinski definition) is 0. The van der Waals surface area contributed by atoms with E-state index in [0.717, 1.165) is 38.1 Å². The Morgan fingerprint density at radius 3 is 1.54 bits per heavy atom. The maximum atomic E-state index is 12.9. The van der Waals surface area contributed by atoms with Crippen molar-refractivity contribution in [1.29, 1.82) is 0 Å². The van der Waals surface area contributed by atoms with Crippen LogP contribution in [0.2, 0.25) is 0 Å². The van der Waals surface area contributed by atoms with Crippen LogP contribution in [0.15, 0.2) is 87.5 Å². The van der Waals surface area contributed by atoms with Gasteiger partial charge in [0.2, 0.25) is 0 Å². The quantitative estimate of drug-likeness (QED) is 0.499. The molecule has 0 saturated carbocycles. The maximum absolute atomic E-state index is 12.9. The number of alkyl halides is 3. The summed E-state index contributed by atoms with van der Waals surface area (Å²) in [6.07, 6.45) is -4.33. The largest absolute Gasteiger partial charge is 0.497 e. The Balaban J connectivity index is 2.06. The van der Waals surface area contributed by atoms with E-state index >= 15 is 0 Å². The van der Waals surface area contributed by atoms with Crippen LogP contribution in [0.5, 0.6) is 5.75 Å². The lowest BCUT2D eigenvalue weighted by molar-refractivity contribution is -0.137. The number of hydrogen-bond acceptors (Lipinski definition) is 1. The Kier molecular flexibility index (Phi) is 5.28. The van der Waals surface area contributed by atoms with Gasteiger partial charge in [-0.1, -0.05) is 17.7 Å². The second kappa shape index (κ2) is 7.46. The van der Waals surface area contributed by atoms with Gasteiger partial charge in [-0.3, -0.25) is 0 Å². The standard InChI is InChI=1S/C21H18F3OS/c1-15-3-9-18(10-4-15)26(20-13-7-17(25-2)8-14-20)19-11-5-16(6-12-19)21(22,23)24/h3-14H,1-2H3/q+1. The van der Waals surface area contributed by atoms with E-state index in [2.05, 4.69) is 0 Å². The molecule has 5 heteroatoms. The molecule has 1 unspecified atom stereocenters. The Morgan fingerprint density at radius 2 is 1.12 bits per heavy atom. The normalized spacial score (nSPS) is 12.7. The summed E-state index contributed by atoms with van der Waals surface area (Å²) in [4.78, 5) is 2.92. The molecule has 0 aliphatic heterocycles. The molecule has 0 spiro atoms. The van der Waals surface area contributed by atoms with Gasteiger partial charge in [-0.15, -0.1) is 0 Å². The molecule has 3 rings (SSSR count). The van der Waals surface area contributed by atoms with Gasteiger partial charge in [0.05, 0.1) is 23.6 Å². The van der Waals surface area contributed by atoms with Gasteiger partial charge in [0.15, 0.2) is 14.7 Å². The number of halogens is 3. The molecule has 0 aromatic heterocycles. The van der Waals surface area contributed by atoms with Crippen LogP contribution in [0.4, 0.5) is 13.2 Å². The zero-order chi connectivity index (χ0) is 18.7. The Labute approximate surface area is 153 Å². The van der Waals surface area contributed by atoms with Gasteiger partial charge in [-0.2, -0.15) is 13.2 Å². The van der Waals surface area contributed by atoms with Crippen LogP contribution in [-0.2, 0) is 17.1 Å². The molecule has 134 valence electrons. The van der Waals surface area contributed by atoms with Crippen LogP contribution in [-0.4, -0.2) is 7.11 Å². The Bertz CT molecular complexity index is 854. The van der Waals surface area contributed by atoms with Gasteiger partial charge in [0.25, 0.3) is 0 Å². The predicted octanol–water partition coefficient (Wildman–Crippen LogP) is 6.12. The minimum absolute atomic E-state index is 0.491. The molecule has 0 bridgehead atoms. The summed E-state index contributed by atoms with van der Waals surface area (Å²) in [5, 5.41) is 0. The molecule has 0 radical (unpaired) electrons. The highest BCUT2D eigenvalue weighted by molar-refractivity contribution is 7.97. The number of benzene rings is 3. The van der Waals surface area contributed by atoms with Crippen LogP contribution in [0.3, 0.4) is 0 Å². The topological polar surface area (TPSA) is 9.23 Å². The summed E-state index contributed by atoms with van der Waals surface area (Å²) in [6.45, 7) is 2.01. The molecule has 1 atom stereocenters. The smallest absolute Gasteiger partial charge is 0.416 e. The summed E-state index contributed by atoms with van der Waals surface area (Å²) in [5.74, 6) is 0.744. The minimum atomic E-state index is -4.33. The predicted molar refractivity (Wildman–Crippen MR) is 97.8 cm³/mol. The average Bonchev–Trinajstić information content (AvgIpc) is 2.64. The van der Waals surface area contributed by atoms with E-state index in [-0.39, 0.29) is 0 Å². The fourth-order valence-electron chi connectivity index (χ4n) is 2.57. The van der Waals surface area contributed by atoms with E-state index in [1.54, 1.807) is 19.2 Å². The molecule has 0 aliphatic carbocycles. The summed E-state index contributed by atoms with van der Waals surface area (Å²) in [7, 11) is 1.11. The number of methoxy groups -OCH3 is 1. The molecule has 3 aromatic carbocycles. The fourth-order valence-corrected chi connectivity index (χ4v) is 4.62. The van der Waals surface area contributed by atoms with Gasteiger partial charge in [0.1, 0.15) is 5.75 Å². The second-order valence-electron chi connectivity index (χ2n) is 5.82. The highest BCUT2D eigenvalue weighted by atomic mass is 32.2. The summed E-state index contributed by atoms with van der Waals surface area (Å²) in [5.41, 5.74) is 0.503. The van der Waals surface area contributed by atoms with E-state index in [0.29, 0.717) is 0 Å². The Hall–Kier alpha value is -2.40. The third-order valence-electron chi connectivity index (χ3n) is 3.97. The van der Waals surface area contributed by atoms with Crippen molar-refractivity contribution in [3.63, 3.8) is 0 Å². The lowest BCUT2D eigenvalue weighted by atomic mass is 10.2. The molecule has 0 heterocycles. The first kappa shape index (κ1) is 18.4. The first-order valence-corrected chi connectivity index (χ1v) is 9.23. The van der Waals surface area contributed by atoms with Crippen molar-refractivity contribution < 1.29 is 17.9 Å². The lowest BCUT2D eigenvalue weighted by Gasteiger charge is -2.11. The highest BCUT2D eigenvalue weighted by Crippen LogP contribution is 2.35. The maximum Gasteiger partial charge on any atom is 0.416 e. The molecule has 3 aromatic rings. The minimum Gasteiger partial charge on any atom is -0.497 e. The molecule has 1 nitrogen and oxygen atoms in total. The van der Waals surface area contributed by atoms with Crippen molar-refractivity contribution in [3.05, 3.63) is 83.9 Å². The fraction of sp³-hybridized carbons (Fsp3) is 0.143. The Morgan fingerprint density at radius 1 is 0.692 bits per heavy atom. The van der Waals surface area contributed by atoms with Crippen molar-refractivity contribution in [3.8, 4) is 5.75 Å². The summed E-state index contributed by atoms with van der Waals surface area (Å²) >= 11 is 0. The first-order chi connectivity index (χ1) is 12.4. The SMILES string of the molecule is COc1ccc([S+](c2ccc(C)cc2)c2ccc(C(F)(F)F)cc2)cc1. The summed E-state index contributed by atoms with van der Waals surface area (Å²) in [6, 6.07) is 21.2. The van der Waals surface area contributed by atoms with Gasteiger partial charge in [-0.05, 0) is 67.6 Å². The molecule has 0 N–H and O–H groups in total. The second-order valence-corrected chi connectivity index (χ2v) is 7.84. The zero-order valence-corrected chi connectivity index (χ0v) is 15.2. The van der Waals surface area contributed by atoms with Crippen LogP contribution >= 0.6 is 0 Å². The lowest BCUT2D eigenvalue weighted by Crippen LogP contribution is -2.08. The van der Waals surface area contributed by atoms with E-state index < -0.39 is 22.6 Å². The van der Waals surface area contributed by atoms with Gasteiger partial charge in [0, 0.05) is 0 Å². The zero-order valence-electron chi connectivity index (χ0n) is 14.4. The van der Waals surface area contributed by atoms with Crippen molar-refractivity contribution in [1.82, 2.24) is 0 Å². The number of aryl methyl sites for hydroxylation is 1. The van der Waals surface area contributed by atoms with Crippen molar-refractivity contribution >= 4 is 10.9 Å². The monoisotopic (exact) mass is 375 g/mol. The molecule has 0 fully saturated rings. The average molecular weight is 375 g/mol. The van der Waals surface area contributed by atoms with Gasteiger partial charge >= 0.3 is 6.18 Å². The molecule has 0 aliphatic rings. The molecule has 26 heavy (non-hydrogen) atoms. The van der Waals surface area contributed by atoms with Crippen molar-refractivity contribution in [2.24, 2.45) is 0 Å². The van der Waals surface area contributed by atoms with E-state index in [1.807, 2.05) is 55.5 Å². The first-order valence-electron chi connectivity index (χ1n) is 8.01. The van der Waals surface area contributed by atoms with E-state index in [9.17, 15) is 13.2 Å². The van der Waals surface area contributed by atoms with Crippen LogP contribution < -0.4 is 4.74 Å². The van der Waals surface area contributed by atoms with Crippen LogP contribution in [0.25, 0.3) is 0 Å². The summed E-state index contributed by atoms with van der Waals surface area (Å²) < 4.78 is 43.9.